The number of aliphatic hydroxyl groups is 1. The quantitative estimate of drug-likeness (QED) is 0.889. The summed E-state index contributed by atoms with van der Waals surface area (Å²) in [6.07, 6.45) is -1.57. The highest BCUT2D eigenvalue weighted by Gasteiger charge is 2.21. The molecule has 0 amide bonds. The number of benzene rings is 2. The number of rotatable bonds is 2. The molecule has 0 saturated carbocycles. The van der Waals surface area contributed by atoms with Crippen LogP contribution >= 0.6 is 15.9 Å². The Balaban J connectivity index is 2.54. The maximum absolute atomic E-state index is 13.5. The van der Waals surface area contributed by atoms with Crippen molar-refractivity contribution < 1.29 is 18.3 Å². The summed E-state index contributed by atoms with van der Waals surface area (Å²) in [5.41, 5.74) is -0.428. The van der Waals surface area contributed by atoms with Gasteiger partial charge in [-0.1, -0.05) is 22.0 Å². The van der Waals surface area contributed by atoms with Crippen LogP contribution in [0.1, 0.15) is 17.2 Å². The Bertz CT molecular complexity index is 566. The molecule has 0 radical (unpaired) electrons. The minimum absolute atomic E-state index is 0.0685. The molecule has 0 fully saturated rings. The molecule has 0 heterocycles. The van der Waals surface area contributed by atoms with Crippen LogP contribution in [-0.4, -0.2) is 5.11 Å². The van der Waals surface area contributed by atoms with Crippen molar-refractivity contribution in [2.24, 2.45) is 0 Å². The van der Waals surface area contributed by atoms with Crippen LogP contribution in [-0.2, 0) is 0 Å². The van der Waals surface area contributed by atoms with Gasteiger partial charge in [0.25, 0.3) is 0 Å². The Morgan fingerprint density at radius 1 is 1.00 bits per heavy atom. The van der Waals surface area contributed by atoms with Gasteiger partial charge in [0.15, 0.2) is 0 Å². The van der Waals surface area contributed by atoms with Crippen molar-refractivity contribution in [3.05, 3.63) is 69.4 Å². The zero-order chi connectivity index (χ0) is 13.3. The lowest BCUT2D eigenvalue weighted by molar-refractivity contribution is 0.208. The summed E-state index contributed by atoms with van der Waals surface area (Å²) < 4.78 is 40.5. The van der Waals surface area contributed by atoms with Crippen molar-refractivity contribution in [2.75, 3.05) is 0 Å². The Hall–Kier alpha value is -1.33. The summed E-state index contributed by atoms with van der Waals surface area (Å²) in [6.45, 7) is 0. The van der Waals surface area contributed by atoms with E-state index in [-0.39, 0.29) is 5.56 Å². The van der Waals surface area contributed by atoms with E-state index in [9.17, 15) is 18.3 Å². The fourth-order valence-corrected chi connectivity index (χ4v) is 2.12. The summed E-state index contributed by atoms with van der Waals surface area (Å²) in [4.78, 5) is 0. The third-order valence-corrected chi connectivity index (χ3v) is 3.25. The molecule has 1 unspecified atom stereocenters. The molecular formula is C13H8BrF3O. The SMILES string of the molecule is OC(c1cc(F)ccc1Br)c1c(F)cccc1F. The van der Waals surface area contributed by atoms with E-state index in [0.29, 0.717) is 4.47 Å². The third kappa shape index (κ3) is 2.42. The van der Waals surface area contributed by atoms with Crippen LogP contribution in [0.5, 0.6) is 0 Å². The van der Waals surface area contributed by atoms with E-state index in [2.05, 4.69) is 15.9 Å². The van der Waals surface area contributed by atoms with E-state index in [0.717, 1.165) is 18.2 Å². The van der Waals surface area contributed by atoms with Crippen LogP contribution in [0.25, 0.3) is 0 Å². The predicted octanol–water partition coefficient (Wildman–Crippen LogP) is 3.95. The molecule has 1 atom stereocenters. The third-order valence-electron chi connectivity index (χ3n) is 2.53. The van der Waals surface area contributed by atoms with Gasteiger partial charge in [-0.15, -0.1) is 0 Å². The second-order valence-electron chi connectivity index (χ2n) is 3.70. The fourth-order valence-electron chi connectivity index (χ4n) is 1.65. The van der Waals surface area contributed by atoms with Gasteiger partial charge in [-0.05, 0) is 30.3 Å². The normalized spacial score (nSPS) is 12.5. The summed E-state index contributed by atoms with van der Waals surface area (Å²) in [5, 5.41) is 9.98. The Kier molecular flexibility index (Phi) is 3.73. The van der Waals surface area contributed by atoms with Gasteiger partial charge in [-0.25, -0.2) is 13.2 Å². The molecule has 0 saturated heterocycles. The second-order valence-corrected chi connectivity index (χ2v) is 4.56. The summed E-state index contributed by atoms with van der Waals surface area (Å²) in [5.74, 6) is -2.35. The average Bonchev–Trinajstić information content (AvgIpc) is 2.32. The maximum atomic E-state index is 13.5. The van der Waals surface area contributed by atoms with Gasteiger partial charge in [-0.3, -0.25) is 0 Å². The molecule has 0 spiro atoms. The first kappa shape index (κ1) is 13.1. The zero-order valence-electron chi connectivity index (χ0n) is 9.00. The molecule has 94 valence electrons. The lowest BCUT2D eigenvalue weighted by Crippen LogP contribution is -2.06. The number of hydrogen-bond acceptors (Lipinski definition) is 1. The monoisotopic (exact) mass is 316 g/mol. The van der Waals surface area contributed by atoms with Gasteiger partial charge in [-0.2, -0.15) is 0 Å². The number of hydrogen-bond donors (Lipinski definition) is 1. The van der Waals surface area contributed by atoms with E-state index >= 15 is 0 Å². The van der Waals surface area contributed by atoms with E-state index in [1.165, 1.54) is 18.2 Å². The van der Waals surface area contributed by atoms with Gasteiger partial charge >= 0.3 is 0 Å². The van der Waals surface area contributed by atoms with E-state index in [1.807, 2.05) is 0 Å². The van der Waals surface area contributed by atoms with Crippen molar-refractivity contribution in [3.63, 3.8) is 0 Å². The van der Waals surface area contributed by atoms with Gasteiger partial charge < -0.3 is 5.11 Å². The topological polar surface area (TPSA) is 20.2 Å². The smallest absolute Gasteiger partial charge is 0.132 e. The van der Waals surface area contributed by atoms with E-state index in [4.69, 9.17) is 0 Å². The predicted molar refractivity (Wildman–Crippen MR) is 64.5 cm³/mol. The molecule has 0 aliphatic rings. The highest BCUT2D eigenvalue weighted by molar-refractivity contribution is 9.10. The molecule has 2 aromatic carbocycles. The molecule has 18 heavy (non-hydrogen) atoms. The molecule has 2 rings (SSSR count). The molecule has 1 nitrogen and oxygen atoms in total. The number of halogens is 4. The Morgan fingerprint density at radius 3 is 2.22 bits per heavy atom. The van der Waals surface area contributed by atoms with Crippen molar-refractivity contribution in [2.45, 2.75) is 6.10 Å². The lowest BCUT2D eigenvalue weighted by atomic mass is 10.0. The molecule has 0 aliphatic heterocycles. The van der Waals surface area contributed by atoms with Crippen molar-refractivity contribution in [3.8, 4) is 0 Å². The van der Waals surface area contributed by atoms with E-state index in [1.54, 1.807) is 0 Å². The Morgan fingerprint density at radius 2 is 1.61 bits per heavy atom. The van der Waals surface area contributed by atoms with Crippen LogP contribution in [0, 0.1) is 17.5 Å². The van der Waals surface area contributed by atoms with Gasteiger partial charge in [0, 0.05) is 10.0 Å². The molecule has 5 heteroatoms. The average molecular weight is 317 g/mol. The first-order valence-corrected chi connectivity index (χ1v) is 5.87. The van der Waals surface area contributed by atoms with Crippen LogP contribution in [0.15, 0.2) is 40.9 Å². The first-order chi connectivity index (χ1) is 8.50. The Labute approximate surface area is 110 Å². The van der Waals surface area contributed by atoms with Crippen LogP contribution in [0.2, 0.25) is 0 Å². The largest absolute Gasteiger partial charge is 0.383 e. The minimum Gasteiger partial charge on any atom is -0.383 e. The summed E-state index contributed by atoms with van der Waals surface area (Å²) >= 11 is 3.11. The van der Waals surface area contributed by atoms with Crippen molar-refractivity contribution in [1.29, 1.82) is 0 Å². The van der Waals surface area contributed by atoms with Crippen LogP contribution in [0.3, 0.4) is 0 Å². The molecule has 2 aromatic rings. The van der Waals surface area contributed by atoms with Gasteiger partial charge in [0.2, 0.25) is 0 Å². The standard InChI is InChI=1S/C13H8BrF3O/c14-9-5-4-7(15)6-8(9)13(18)12-10(16)2-1-3-11(12)17/h1-6,13,18H. The van der Waals surface area contributed by atoms with Gasteiger partial charge in [0.05, 0.1) is 5.56 Å². The highest BCUT2D eigenvalue weighted by Crippen LogP contribution is 2.31. The van der Waals surface area contributed by atoms with Crippen LogP contribution in [0.4, 0.5) is 13.2 Å². The fraction of sp³-hybridized carbons (Fsp3) is 0.0769. The molecular weight excluding hydrogens is 309 g/mol. The first-order valence-electron chi connectivity index (χ1n) is 5.07. The summed E-state index contributed by atoms with van der Waals surface area (Å²) in [6, 6.07) is 6.84. The van der Waals surface area contributed by atoms with Crippen LogP contribution < -0.4 is 0 Å². The van der Waals surface area contributed by atoms with Gasteiger partial charge in [0.1, 0.15) is 23.6 Å². The lowest BCUT2D eigenvalue weighted by Gasteiger charge is -2.15. The summed E-state index contributed by atoms with van der Waals surface area (Å²) in [7, 11) is 0. The zero-order valence-corrected chi connectivity index (χ0v) is 10.6. The molecule has 1 N–H and O–H groups in total. The van der Waals surface area contributed by atoms with Crippen molar-refractivity contribution >= 4 is 15.9 Å². The molecule has 0 aliphatic carbocycles. The highest BCUT2D eigenvalue weighted by atomic mass is 79.9. The van der Waals surface area contributed by atoms with E-state index < -0.39 is 29.1 Å². The maximum Gasteiger partial charge on any atom is 0.132 e. The van der Waals surface area contributed by atoms with Crippen molar-refractivity contribution in [1.82, 2.24) is 0 Å². The minimum atomic E-state index is -1.57. The second kappa shape index (κ2) is 5.12. The molecule has 0 aromatic heterocycles. The molecule has 0 bridgehead atoms. The number of aliphatic hydroxyl groups excluding tert-OH is 1.